The molecule has 5 unspecified atom stereocenters. The maximum atomic E-state index is 12.3. The van der Waals surface area contributed by atoms with Crippen LogP contribution in [0.25, 0.3) is 0 Å². The smallest absolute Gasteiger partial charge is 0.297 e. The van der Waals surface area contributed by atoms with E-state index in [1.54, 1.807) is 19.1 Å². The van der Waals surface area contributed by atoms with Gasteiger partial charge in [-0.2, -0.15) is 8.42 Å². The molecular weight excluding hydrogens is 312 g/mol. The molecule has 1 fully saturated rings. The first-order chi connectivity index (χ1) is 10.3. The first-order valence-electron chi connectivity index (χ1n) is 6.80. The maximum Gasteiger partial charge on any atom is 0.297 e. The Hall–Kier alpha value is -1.03. The van der Waals surface area contributed by atoms with Crippen molar-refractivity contribution in [3.63, 3.8) is 0 Å². The molecule has 0 saturated carbocycles. The summed E-state index contributed by atoms with van der Waals surface area (Å²) in [6.07, 6.45) is -5.89. The van der Waals surface area contributed by atoms with Crippen LogP contribution < -0.4 is 0 Å². The van der Waals surface area contributed by atoms with Crippen molar-refractivity contribution in [2.75, 3.05) is 7.11 Å². The van der Waals surface area contributed by atoms with Crippen LogP contribution in [0.4, 0.5) is 0 Å². The summed E-state index contributed by atoms with van der Waals surface area (Å²) in [6, 6.07) is 6.08. The number of benzene rings is 1. The van der Waals surface area contributed by atoms with Gasteiger partial charge in [0.15, 0.2) is 12.4 Å². The number of hydrogen-bond donors (Lipinski definition) is 2. The lowest BCUT2D eigenvalue weighted by Crippen LogP contribution is -2.58. The molecule has 1 heterocycles. The zero-order chi connectivity index (χ0) is 16.5. The Kier molecular flexibility index (Phi) is 5.21. The van der Waals surface area contributed by atoms with E-state index in [4.69, 9.17) is 13.7 Å². The molecular formula is C14H20O7S. The van der Waals surface area contributed by atoms with Crippen molar-refractivity contribution >= 4 is 10.1 Å². The summed E-state index contributed by atoms with van der Waals surface area (Å²) in [5.41, 5.74) is 0.902. The fourth-order valence-corrected chi connectivity index (χ4v) is 3.28. The lowest BCUT2D eigenvalue weighted by molar-refractivity contribution is -0.279. The zero-order valence-corrected chi connectivity index (χ0v) is 13.4. The van der Waals surface area contributed by atoms with Crippen LogP contribution >= 0.6 is 0 Å². The van der Waals surface area contributed by atoms with Crippen LogP contribution in [0.5, 0.6) is 0 Å². The quantitative estimate of drug-likeness (QED) is 0.758. The average molecular weight is 332 g/mol. The summed E-state index contributed by atoms with van der Waals surface area (Å²) in [7, 11) is -2.82. The Labute approximate surface area is 129 Å². The fraction of sp³-hybridized carbons (Fsp3) is 0.571. The topological polar surface area (TPSA) is 102 Å². The van der Waals surface area contributed by atoms with Gasteiger partial charge in [-0.1, -0.05) is 17.7 Å². The van der Waals surface area contributed by atoms with Gasteiger partial charge in [-0.15, -0.1) is 0 Å². The van der Waals surface area contributed by atoms with E-state index in [2.05, 4.69) is 0 Å². The molecule has 1 aromatic rings. The predicted molar refractivity (Wildman–Crippen MR) is 76.6 cm³/mol. The van der Waals surface area contributed by atoms with Crippen LogP contribution in [-0.2, 0) is 23.8 Å². The summed E-state index contributed by atoms with van der Waals surface area (Å²) >= 11 is 0. The first kappa shape index (κ1) is 17.3. The van der Waals surface area contributed by atoms with Gasteiger partial charge < -0.3 is 19.7 Å². The highest BCUT2D eigenvalue weighted by molar-refractivity contribution is 7.86. The maximum absolute atomic E-state index is 12.3. The van der Waals surface area contributed by atoms with Crippen molar-refractivity contribution in [3.8, 4) is 0 Å². The largest absolute Gasteiger partial charge is 0.388 e. The summed E-state index contributed by atoms with van der Waals surface area (Å²) in [5.74, 6) is 0. The van der Waals surface area contributed by atoms with Crippen LogP contribution in [0, 0.1) is 6.92 Å². The molecule has 0 bridgehead atoms. The van der Waals surface area contributed by atoms with Crippen LogP contribution in [0.3, 0.4) is 0 Å². The molecule has 1 saturated heterocycles. The molecule has 0 aromatic heterocycles. The zero-order valence-electron chi connectivity index (χ0n) is 12.5. The van der Waals surface area contributed by atoms with E-state index in [0.29, 0.717) is 0 Å². The number of hydrogen-bond acceptors (Lipinski definition) is 7. The van der Waals surface area contributed by atoms with Gasteiger partial charge >= 0.3 is 0 Å². The molecule has 7 nitrogen and oxygen atoms in total. The monoisotopic (exact) mass is 332 g/mol. The molecule has 124 valence electrons. The van der Waals surface area contributed by atoms with Crippen molar-refractivity contribution in [1.29, 1.82) is 0 Å². The molecule has 5 atom stereocenters. The van der Waals surface area contributed by atoms with Crippen molar-refractivity contribution < 1.29 is 32.3 Å². The fourth-order valence-electron chi connectivity index (χ4n) is 2.20. The summed E-state index contributed by atoms with van der Waals surface area (Å²) in [6.45, 7) is 3.37. The van der Waals surface area contributed by atoms with E-state index in [1.165, 1.54) is 19.2 Å². The molecule has 1 aliphatic rings. The van der Waals surface area contributed by atoms with Gasteiger partial charge in [-0.3, -0.25) is 4.18 Å². The van der Waals surface area contributed by atoms with Gasteiger partial charge in [-0.05, 0) is 26.0 Å². The Bertz CT molecular complexity index is 596. The second kappa shape index (κ2) is 6.61. The molecule has 1 aromatic carbocycles. The molecule has 0 aliphatic carbocycles. The highest BCUT2D eigenvalue weighted by atomic mass is 32.2. The van der Waals surface area contributed by atoms with Crippen molar-refractivity contribution in [3.05, 3.63) is 29.8 Å². The SMILES string of the molecule is COC1OC(C)C(O)C(O)C1OS(=O)(=O)c1ccc(C)cc1. The van der Waals surface area contributed by atoms with Crippen LogP contribution in [0.15, 0.2) is 29.2 Å². The van der Waals surface area contributed by atoms with E-state index < -0.39 is 40.8 Å². The van der Waals surface area contributed by atoms with E-state index in [9.17, 15) is 18.6 Å². The van der Waals surface area contributed by atoms with Gasteiger partial charge in [0, 0.05) is 7.11 Å². The Morgan fingerprint density at radius 3 is 2.27 bits per heavy atom. The molecule has 0 spiro atoms. The highest BCUT2D eigenvalue weighted by Crippen LogP contribution is 2.27. The van der Waals surface area contributed by atoms with Crippen LogP contribution in [-0.4, -0.2) is 56.4 Å². The van der Waals surface area contributed by atoms with Gasteiger partial charge in [-0.25, -0.2) is 0 Å². The molecule has 1 aliphatic heterocycles. The van der Waals surface area contributed by atoms with E-state index >= 15 is 0 Å². The minimum atomic E-state index is -4.12. The Morgan fingerprint density at radius 2 is 1.73 bits per heavy atom. The van der Waals surface area contributed by atoms with Crippen LogP contribution in [0.2, 0.25) is 0 Å². The molecule has 22 heavy (non-hydrogen) atoms. The summed E-state index contributed by atoms with van der Waals surface area (Å²) in [5, 5.41) is 19.9. The minimum absolute atomic E-state index is 0.0479. The van der Waals surface area contributed by atoms with E-state index in [-0.39, 0.29) is 4.90 Å². The number of aliphatic hydroxyl groups is 2. The predicted octanol–water partition coefficient (Wildman–Crippen LogP) is 0.182. The second-order valence-electron chi connectivity index (χ2n) is 5.25. The normalized spacial score (nSPS) is 32.9. The van der Waals surface area contributed by atoms with Crippen molar-refractivity contribution in [2.45, 2.75) is 49.4 Å². The molecule has 0 amide bonds. The lowest BCUT2D eigenvalue weighted by atomic mass is 10.0. The number of methoxy groups -OCH3 is 1. The van der Waals surface area contributed by atoms with Gasteiger partial charge in [0.25, 0.3) is 10.1 Å². The van der Waals surface area contributed by atoms with E-state index in [1.807, 2.05) is 6.92 Å². The Balaban J connectivity index is 2.24. The van der Waals surface area contributed by atoms with E-state index in [0.717, 1.165) is 5.56 Å². The van der Waals surface area contributed by atoms with Crippen molar-refractivity contribution in [2.24, 2.45) is 0 Å². The highest BCUT2D eigenvalue weighted by Gasteiger charge is 2.46. The average Bonchev–Trinajstić information content (AvgIpc) is 2.48. The number of rotatable bonds is 4. The number of ether oxygens (including phenoxy) is 2. The van der Waals surface area contributed by atoms with Crippen LogP contribution in [0.1, 0.15) is 12.5 Å². The molecule has 2 N–H and O–H groups in total. The summed E-state index contributed by atoms with van der Waals surface area (Å²) in [4.78, 5) is -0.0479. The third-order valence-corrected chi connectivity index (χ3v) is 4.89. The first-order valence-corrected chi connectivity index (χ1v) is 8.21. The third kappa shape index (κ3) is 3.48. The summed E-state index contributed by atoms with van der Waals surface area (Å²) < 4.78 is 39.9. The van der Waals surface area contributed by atoms with Gasteiger partial charge in [0.1, 0.15) is 12.2 Å². The lowest BCUT2D eigenvalue weighted by Gasteiger charge is -2.40. The van der Waals surface area contributed by atoms with Gasteiger partial charge in [0.2, 0.25) is 0 Å². The van der Waals surface area contributed by atoms with Gasteiger partial charge in [0.05, 0.1) is 11.0 Å². The Morgan fingerprint density at radius 1 is 1.14 bits per heavy atom. The molecule has 0 radical (unpaired) electrons. The number of aliphatic hydroxyl groups excluding tert-OH is 2. The second-order valence-corrected chi connectivity index (χ2v) is 6.83. The third-order valence-electron chi connectivity index (χ3n) is 3.56. The molecule has 8 heteroatoms. The minimum Gasteiger partial charge on any atom is -0.388 e. The standard InChI is InChI=1S/C14H20O7S/c1-8-4-6-10(7-5-8)22(17,18)21-13-12(16)11(15)9(2)20-14(13)19-3/h4-7,9,11-16H,1-3H3. The molecule has 2 rings (SSSR count). The number of aryl methyl sites for hydroxylation is 1. The van der Waals surface area contributed by atoms with Crippen molar-refractivity contribution in [1.82, 2.24) is 0 Å².